The number of rotatable bonds is 58. The minimum Gasteiger partial charge on any atom is -0.466 e. The van der Waals surface area contributed by atoms with E-state index in [1.807, 2.05) is 0 Å². The van der Waals surface area contributed by atoms with Crippen LogP contribution in [0.25, 0.3) is 0 Å². The van der Waals surface area contributed by atoms with E-state index >= 15 is 0 Å². The van der Waals surface area contributed by atoms with Gasteiger partial charge in [-0.05, 0) is 77.0 Å². The van der Waals surface area contributed by atoms with Crippen molar-refractivity contribution >= 4 is 11.9 Å². The Bertz CT molecular complexity index is 1130. The van der Waals surface area contributed by atoms with Gasteiger partial charge >= 0.3 is 5.97 Å². The fourth-order valence-corrected chi connectivity index (χ4v) is 9.61. The lowest BCUT2D eigenvalue weighted by Crippen LogP contribution is -2.45. The van der Waals surface area contributed by atoms with Crippen molar-refractivity contribution < 1.29 is 24.5 Å². The molecule has 0 saturated heterocycles. The quantitative estimate of drug-likeness (QED) is 0.0244. The van der Waals surface area contributed by atoms with Crippen LogP contribution in [-0.4, -0.2) is 47.4 Å². The van der Waals surface area contributed by atoms with Gasteiger partial charge in [0, 0.05) is 12.8 Å². The van der Waals surface area contributed by atoms with Crippen molar-refractivity contribution in [3.05, 3.63) is 36.5 Å². The molecule has 0 heterocycles. The summed E-state index contributed by atoms with van der Waals surface area (Å²) >= 11 is 0. The number of hydrogen-bond acceptors (Lipinski definition) is 5. The van der Waals surface area contributed by atoms with E-state index in [2.05, 4.69) is 55.6 Å². The largest absolute Gasteiger partial charge is 0.466 e. The van der Waals surface area contributed by atoms with Gasteiger partial charge in [0.15, 0.2) is 0 Å². The first-order valence-corrected chi connectivity index (χ1v) is 31.3. The molecule has 6 heteroatoms. The van der Waals surface area contributed by atoms with Gasteiger partial charge in [-0.1, -0.05) is 281 Å². The van der Waals surface area contributed by atoms with Crippen LogP contribution in [0.1, 0.15) is 335 Å². The number of ether oxygens (including phenoxy) is 1. The van der Waals surface area contributed by atoms with Crippen molar-refractivity contribution in [3.63, 3.8) is 0 Å². The van der Waals surface area contributed by atoms with E-state index in [9.17, 15) is 19.8 Å². The number of aliphatic hydroxyl groups excluding tert-OH is 2. The van der Waals surface area contributed by atoms with Gasteiger partial charge < -0.3 is 20.3 Å². The fourth-order valence-electron chi connectivity index (χ4n) is 9.61. The second kappa shape index (κ2) is 59.6. The lowest BCUT2D eigenvalue weighted by atomic mass is 10.0. The molecule has 3 N–H and O–H groups in total. The summed E-state index contributed by atoms with van der Waals surface area (Å²) in [6.45, 7) is 4.89. The van der Waals surface area contributed by atoms with Crippen LogP contribution in [0.2, 0.25) is 0 Å². The Labute approximate surface area is 436 Å². The zero-order valence-electron chi connectivity index (χ0n) is 47.0. The highest BCUT2D eigenvalue weighted by molar-refractivity contribution is 5.76. The summed E-state index contributed by atoms with van der Waals surface area (Å²) in [6.07, 6.45) is 74.4. The third kappa shape index (κ3) is 55.4. The standard InChI is InChI=1S/C64H121NO5/c1-3-5-7-9-11-13-15-16-17-18-19-20-21-22-24-27-30-33-37-40-44-48-52-56-62(67)61(60-66)65-63(68)57-53-49-45-41-38-34-31-28-25-23-26-29-32-35-39-43-47-51-55-59-70-64(69)58-54-50-46-42-36-14-12-10-8-6-4-2/h10,12,29,32,35,39,61-62,66-67H,3-9,11,13-28,30-31,33-34,36-38,40-60H2,1-2H3,(H,65,68)/b12-10-,32-29-,39-35-. The Morgan fingerprint density at radius 2 is 0.729 bits per heavy atom. The third-order valence-electron chi connectivity index (χ3n) is 14.4. The zero-order chi connectivity index (χ0) is 50.7. The number of nitrogens with one attached hydrogen (secondary N) is 1. The summed E-state index contributed by atoms with van der Waals surface area (Å²) < 4.78 is 5.43. The van der Waals surface area contributed by atoms with Crippen molar-refractivity contribution in [3.8, 4) is 0 Å². The molecule has 0 fully saturated rings. The smallest absolute Gasteiger partial charge is 0.305 e. The van der Waals surface area contributed by atoms with E-state index in [0.717, 1.165) is 70.6 Å². The van der Waals surface area contributed by atoms with Crippen LogP contribution in [0, 0.1) is 0 Å². The molecule has 0 aliphatic carbocycles. The first kappa shape index (κ1) is 68.1. The maximum atomic E-state index is 12.5. The van der Waals surface area contributed by atoms with Gasteiger partial charge in [0.2, 0.25) is 5.91 Å². The van der Waals surface area contributed by atoms with Gasteiger partial charge in [-0.3, -0.25) is 9.59 Å². The van der Waals surface area contributed by atoms with E-state index in [0.29, 0.717) is 25.9 Å². The molecule has 412 valence electrons. The Kier molecular flexibility index (Phi) is 58.0. The van der Waals surface area contributed by atoms with Crippen molar-refractivity contribution in [2.75, 3.05) is 13.2 Å². The highest BCUT2D eigenvalue weighted by atomic mass is 16.5. The molecule has 0 spiro atoms. The van der Waals surface area contributed by atoms with Crippen LogP contribution >= 0.6 is 0 Å². The van der Waals surface area contributed by atoms with Crippen molar-refractivity contribution in [1.82, 2.24) is 5.32 Å². The van der Waals surface area contributed by atoms with Gasteiger partial charge in [0.25, 0.3) is 0 Å². The molecule has 0 rings (SSSR count). The molecule has 0 aromatic heterocycles. The van der Waals surface area contributed by atoms with Gasteiger partial charge in [0.1, 0.15) is 0 Å². The SMILES string of the molecule is CCCC/C=C\CCCCCCCC(=O)OCCCCC/C=C\C=C/CCCCCCCCCCCCC(=O)NC(CO)C(O)CCCCCCCCCCCCCCCCCCCCCCCCC. The number of carbonyl (C=O) groups is 2. The normalized spacial score (nSPS) is 12.8. The van der Waals surface area contributed by atoms with Crippen molar-refractivity contribution in [1.29, 1.82) is 0 Å². The Morgan fingerprint density at radius 3 is 1.14 bits per heavy atom. The number of aliphatic hydroxyl groups is 2. The van der Waals surface area contributed by atoms with Gasteiger partial charge in [0.05, 0.1) is 25.4 Å². The Hall–Kier alpha value is -1.92. The summed E-state index contributed by atoms with van der Waals surface area (Å²) in [4.78, 5) is 24.5. The van der Waals surface area contributed by atoms with E-state index in [4.69, 9.17) is 4.74 Å². The summed E-state index contributed by atoms with van der Waals surface area (Å²) in [6, 6.07) is -0.551. The molecule has 0 aromatic carbocycles. The first-order valence-electron chi connectivity index (χ1n) is 31.3. The highest BCUT2D eigenvalue weighted by Gasteiger charge is 2.20. The van der Waals surface area contributed by atoms with E-state index in [1.54, 1.807) is 0 Å². The summed E-state index contributed by atoms with van der Waals surface area (Å²) in [5.41, 5.74) is 0. The van der Waals surface area contributed by atoms with Gasteiger partial charge in [-0.15, -0.1) is 0 Å². The lowest BCUT2D eigenvalue weighted by molar-refractivity contribution is -0.143. The summed E-state index contributed by atoms with van der Waals surface area (Å²) in [5.74, 6) is -0.0662. The first-order chi connectivity index (χ1) is 34.5. The molecule has 0 saturated carbocycles. The second-order valence-electron chi connectivity index (χ2n) is 21.4. The van der Waals surface area contributed by atoms with Crippen LogP contribution in [-0.2, 0) is 14.3 Å². The minimum absolute atomic E-state index is 0.0242. The molecule has 0 aromatic rings. The predicted molar refractivity (Wildman–Crippen MR) is 306 cm³/mol. The average molecular weight is 985 g/mol. The van der Waals surface area contributed by atoms with E-state index in [-0.39, 0.29) is 18.5 Å². The molecule has 0 aliphatic rings. The fraction of sp³-hybridized carbons (Fsp3) is 0.875. The lowest BCUT2D eigenvalue weighted by Gasteiger charge is -2.22. The zero-order valence-corrected chi connectivity index (χ0v) is 47.0. The average Bonchev–Trinajstić information content (AvgIpc) is 3.36. The molecular formula is C64H121NO5. The van der Waals surface area contributed by atoms with Gasteiger partial charge in [-0.2, -0.15) is 0 Å². The summed E-state index contributed by atoms with van der Waals surface area (Å²) in [5, 5.41) is 23.4. The topological polar surface area (TPSA) is 95.9 Å². The van der Waals surface area contributed by atoms with Crippen LogP contribution in [0.4, 0.5) is 0 Å². The molecule has 1 amide bonds. The van der Waals surface area contributed by atoms with Crippen LogP contribution in [0.3, 0.4) is 0 Å². The number of unbranched alkanes of at least 4 members (excludes halogenated alkanes) is 42. The molecular weight excluding hydrogens is 863 g/mol. The number of amides is 1. The van der Waals surface area contributed by atoms with Crippen LogP contribution in [0.5, 0.6) is 0 Å². The summed E-state index contributed by atoms with van der Waals surface area (Å²) in [7, 11) is 0. The number of carbonyl (C=O) groups excluding carboxylic acids is 2. The molecule has 0 radical (unpaired) electrons. The van der Waals surface area contributed by atoms with Crippen LogP contribution < -0.4 is 5.32 Å². The monoisotopic (exact) mass is 984 g/mol. The maximum Gasteiger partial charge on any atom is 0.305 e. The van der Waals surface area contributed by atoms with Crippen LogP contribution in [0.15, 0.2) is 36.5 Å². The number of hydrogen-bond donors (Lipinski definition) is 3. The minimum atomic E-state index is -0.673. The molecule has 0 aliphatic heterocycles. The molecule has 6 nitrogen and oxygen atoms in total. The van der Waals surface area contributed by atoms with Gasteiger partial charge in [-0.25, -0.2) is 0 Å². The molecule has 2 atom stereocenters. The predicted octanol–water partition coefficient (Wildman–Crippen LogP) is 19.6. The van der Waals surface area contributed by atoms with E-state index in [1.165, 1.54) is 231 Å². The molecule has 70 heavy (non-hydrogen) atoms. The number of allylic oxidation sites excluding steroid dienone is 6. The Morgan fingerprint density at radius 1 is 0.400 bits per heavy atom. The Balaban J connectivity index is 3.48. The molecule has 2 unspecified atom stereocenters. The second-order valence-corrected chi connectivity index (χ2v) is 21.4. The third-order valence-corrected chi connectivity index (χ3v) is 14.4. The molecule has 0 bridgehead atoms. The van der Waals surface area contributed by atoms with Crippen molar-refractivity contribution in [2.24, 2.45) is 0 Å². The number of esters is 1. The van der Waals surface area contributed by atoms with E-state index < -0.39 is 12.1 Å². The maximum absolute atomic E-state index is 12.5. The highest BCUT2D eigenvalue weighted by Crippen LogP contribution is 2.18. The van der Waals surface area contributed by atoms with Crippen molar-refractivity contribution in [2.45, 2.75) is 347 Å².